The second kappa shape index (κ2) is 10.6. The summed E-state index contributed by atoms with van der Waals surface area (Å²) in [5.74, 6) is -1.56. The van der Waals surface area contributed by atoms with Crippen molar-refractivity contribution in [2.24, 2.45) is 0 Å². The molecule has 4 rings (SSSR count). The zero-order valence-corrected chi connectivity index (χ0v) is 19.0. The lowest BCUT2D eigenvalue weighted by Gasteiger charge is -2.12. The predicted molar refractivity (Wildman–Crippen MR) is 135 cm³/mol. The van der Waals surface area contributed by atoms with Gasteiger partial charge in [-0.05, 0) is 65.4 Å². The van der Waals surface area contributed by atoms with E-state index in [9.17, 15) is 14.4 Å². The number of aryl methyl sites for hydroxylation is 1. The van der Waals surface area contributed by atoms with Gasteiger partial charge in [-0.2, -0.15) is 0 Å². The number of thiophene rings is 1. The van der Waals surface area contributed by atoms with Gasteiger partial charge < -0.3 is 15.7 Å². The Kier molecular flexibility index (Phi) is 7.15. The number of hydrogen-bond acceptors (Lipinski definition) is 4. The van der Waals surface area contributed by atoms with Gasteiger partial charge in [-0.15, -0.1) is 11.3 Å². The third-order valence-corrected chi connectivity index (χ3v) is 6.10. The Bertz CT molecular complexity index is 1310. The summed E-state index contributed by atoms with van der Waals surface area (Å²) in [5, 5.41) is 16.5. The van der Waals surface area contributed by atoms with E-state index in [0.717, 1.165) is 16.0 Å². The molecule has 0 unspecified atom stereocenters. The Morgan fingerprint density at radius 2 is 1.59 bits per heavy atom. The van der Waals surface area contributed by atoms with Crippen molar-refractivity contribution in [1.82, 2.24) is 0 Å². The Hall–Kier alpha value is -4.23. The largest absolute Gasteiger partial charge is 0.481 e. The van der Waals surface area contributed by atoms with E-state index < -0.39 is 5.97 Å². The molecule has 3 N–H and O–H groups in total. The van der Waals surface area contributed by atoms with Crippen LogP contribution in [-0.4, -0.2) is 22.9 Å². The lowest BCUT2D eigenvalue weighted by molar-refractivity contribution is -0.136. The van der Waals surface area contributed by atoms with Crippen molar-refractivity contribution in [2.45, 2.75) is 12.8 Å². The first-order chi connectivity index (χ1) is 16.5. The highest BCUT2D eigenvalue weighted by molar-refractivity contribution is 7.13. The van der Waals surface area contributed by atoms with Gasteiger partial charge in [0.15, 0.2) is 0 Å². The van der Waals surface area contributed by atoms with Crippen LogP contribution < -0.4 is 10.6 Å². The van der Waals surface area contributed by atoms with Crippen LogP contribution in [0.5, 0.6) is 0 Å². The van der Waals surface area contributed by atoms with E-state index in [4.69, 9.17) is 5.11 Å². The van der Waals surface area contributed by atoms with Crippen LogP contribution in [-0.2, 0) is 11.2 Å². The summed E-state index contributed by atoms with van der Waals surface area (Å²) in [4.78, 5) is 37.7. The number of hydrogen-bond donors (Lipinski definition) is 3. The minimum atomic E-state index is -0.875. The van der Waals surface area contributed by atoms with E-state index in [0.29, 0.717) is 28.9 Å². The van der Waals surface area contributed by atoms with Gasteiger partial charge in [-0.1, -0.05) is 42.5 Å². The molecule has 0 atom stereocenters. The molecule has 170 valence electrons. The fourth-order valence-corrected chi connectivity index (χ4v) is 4.20. The molecule has 7 heteroatoms. The summed E-state index contributed by atoms with van der Waals surface area (Å²) in [5.41, 5.74) is 3.61. The molecule has 0 fully saturated rings. The summed E-state index contributed by atoms with van der Waals surface area (Å²) in [6.07, 6.45) is 0.386. The minimum Gasteiger partial charge on any atom is -0.481 e. The second-order valence-electron chi connectivity index (χ2n) is 7.60. The fraction of sp³-hybridized carbons (Fsp3) is 0.0741. The van der Waals surface area contributed by atoms with Crippen LogP contribution in [0.15, 0.2) is 90.3 Å². The number of anilines is 2. The van der Waals surface area contributed by atoms with Crippen LogP contribution >= 0.6 is 11.3 Å². The molecule has 1 heterocycles. The zero-order valence-electron chi connectivity index (χ0n) is 18.2. The maximum absolute atomic E-state index is 13.0. The summed E-state index contributed by atoms with van der Waals surface area (Å²) < 4.78 is 0. The molecular formula is C27H22N2O4S. The molecule has 0 radical (unpaired) electrons. The van der Waals surface area contributed by atoms with E-state index in [1.165, 1.54) is 0 Å². The predicted octanol–water partition coefficient (Wildman–Crippen LogP) is 5.94. The first-order valence-electron chi connectivity index (χ1n) is 10.7. The standard InChI is InChI=1S/C27H22N2O4S/c30-25(31)15-10-18-5-3-6-21(17-18)28-27(33)22-7-1-2-8-23(22)29-26(32)20-13-11-19(12-14-20)24-9-4-16-34-24/h1-9,11-14,16-17H,10,15H2,(H,28,33)(H,29,32)(H,30,31). The van der Waals surface area contributed by atoms with Gasteiger partial charge in [0, 0.05) is 22.5 Å². The molecule has 0 spiro atoms. The van der Waals surface area contributed by atoms with Crippen molar-refractivity contribution < 1.29 is 19.5 Å². The Labute approximate surface area is 200 Å². The van der Waals surface area contributed by atoms with Crippen molar-refractivity contribution in [3.05, 3.63) is 107 Å². The molecule has 0 aliphatic heterocycles. The molecule has 0 saturated heterocycles. The van der Waals surface area contributed by atoms with Crippen LogP contribution in [0.2, 0.25) is 0 Å². The second-order valence-corrected chi connectivity index (χ2v) is 8.55. The maximum atomic E-state index is 13.0. The Morgan fingerprint density at radius 1 is 0.794 bits per heavy atom. The van der Waals surface area contributed by atoms with Gasteiger partial charge in [0.25, 0.3) is 11.8 Å². The maximum Gasteiger partial charge on any atom is 0.303 e. The van der Waals surface area contributed by atoms with Crippen LogP contribution in [0, 0.1) is 0 Å². The number of amides is 2. The third kappa shape index (κ3) is 5.76. The molecule has 0 aliphatic rings. The number of carboxylic acid groups (broad SMARTS) is 1. The van der Waals surface area contributed by atoms with E-state index in [1.807, 2.05) is 35.7 Å². The van der Waals surface area contributed by atoms with Gasteiger partial charge in [0.05, 0.1) is 11.3 Å². The molecule has 4 aromatic rings. The quantitative estimate of drug-likeness (QED) is 0.297. The van der Waals surface area contributed by atoms with Crippen molar-refractivity contribution in [1.29, 1.82) is 0 Å². The van der Waals surface area contributed by atoms with Crippen molar-refractivity contribution in [3.8, 4) is 10.4 Å². The van der Waals surface area contributed by atoms with Crippen molar-refractivity contribution in [2.75, 3.05) is 10.6 Å². The summed E-state index contributed by atoms with van der Waals surface area (Å²) in [7, 11) is 0. The van der Waals surface area contributed by atoms with Gasteiger partial charge in [-0.25, -0.2) is 0 Å². The van der Waals surface area contributed by atoms with Gasteiger partial charge >= 0.3 is 5.97 Å². The van der Waals surface area contributed by atoms with Crippen LogP contribution in [0.1, 0.15) is 32.7 Å². The zero-order chi connectivity index (χ0) is 23.9. The first kappa shape index (κ1) is 22.9. The van der Waals surface area contributed by atoms with E-state index in [2.05, 4.69) is 10.6 Å². The number of rotatable bonds is 8. The smallest absolute Gasteiger partial charge is 0.303 e. The molecule has 34 heavy (non-hydrogen) atoms. The number of carbonyl (C=O) groups excluding carboxylic acids is 2. The van der Waals surface area contributed by atoms with E-state index in [1.54, 1.807) is 65.9 Å². The van der Waals surface area contributed by atoms with Gasteiger partial charge in [-0.3, -0.25) is 14.4 Å². The highest BCUT2D eigenvalue weighted by Crippen LogP contribution is 2.25. The number of nitrogens with one attached hydrogen (secondary N) is 2. The normalized spacial score (nSPS) is 10.5. The molecule has 2 amide bonds. The minimum absolute atomic E-state index is 0.0145. The molecule has 6 nitrogen and oxygen atoms in total. The highest BCUT2D eigenvalue weighted by Gasteiger charge is 2.15. The third-order valence-electron chi connectivity index (χ3n) is 5.19. The van der Waals surface area contributed by atoms with E-state index >= 15 is 0 Å². The average Bonchev–Trinajstić information content (AvgIpc) is 3.38. The van der Waals surface area contributed by atoms with Crippen molar-refractivity contribution in [3.63, 3.8) is 0 Å². The Balaban J connectivity index is 1.46. The molecule has 1 aromatic heterocycles. The SMILES string of the molecule is O=C(O)CCc1cccc(NC(=O)c2ccccc2NC(=O)c2ccc(-c3cccs3)cc2)c1. The van der Waals surface area contributed by atoms with Gasteiger partial charge in [0.2, 0.25) is 0 Å². The molecule has 0 saturated carbocycles. The number of aliphatic carboxylic acids is 1. The summed E-state index contributed by atoms with van der Waals surface area (Å²) in [6, 6.07) is 25.2. The van der Waals surface area contributed by atoms with E-state index in [-0.39, 0.29) is 18.2 Å². The first-order valence-corrected chi connectivity index (χ1v) is 11.5. The van der Waals surface area contributed by atoms with Crippen LogP contribution in [0.25, 0.3) is 10.4 Å². The topological polar surface area (TPSA) is 95.5 Å². The Morgan fingerprint density at radius 3 is 2.32 bits per heavy atom. The fourth-order valence-electron chi connectivity index (χ4n) is 3.47. The van der Waals surface area contributed by atoms with Crippen LogP contribution in [0.3, 0.4) is 0 Å². The summed E-state index contributed by atoms with van der Waals surface area (Å²) >= 11 is 1.63. The number of para-hydroxylation sites is 1. The lowest BCUT2D eigenvalue weighted by atomic mass is 10.1. The lowest BCUT2D eigenvalue weighted by Crippen LogP contribution is -2.18. The van der Waals surface area contributed by atoms with Crippen LogP contribution in [0.4, 0.5) is 11.4 Å². The van der Waals surface area contributed by atoms with Crippen molar-refractivity contribution >= 4 is 40.5 Å². The van der Waals surface area contributed by atoms with Gasteiger partial charge in [0.1, 0.15) is 0 Å². The highest BCUT2D eigenvalue weighted by atomic mass is 32.1. The monoisotopic (exact) mass is 470 g/mol. The number of carbonyl (C=O) groups is 3. The number of benzene rings is 3. The molecular weight excluding hydrogens is 448 g/mol. The number of carboxylic acids is 1. The molecule has 3 aromatic carbocycles. The summed E-state index contributed by atoms with van der Waals surface area (Å²) in [6.45, 7) is 0. The molecule has 0 bridgehead atoms. The average molecular weight is 471 g/mol. The molecule has 0 aliphatic carbocycles.